The molecule has 108 valence electrons. The van der Waals surface area contributed by atoms with Crippen LogP contribution in [0, 0.1) is 5.92 Å². The molecule has 0 radical (unpaired) electrons. The van der Waals surface area contributed by atoms with Crippen molar-refractivity contribution in [2.45, 2.75) is 25.8 Å². The molecule has 1 amide bonds. The van der Waals surface area contributed by atoms with Crippen LogP contribution in [0.25, 0.3) is 11.1 Å². The van der Waals surface area contributed by atoms with E-state index in [0.29, 0.717) is 6.54 Å². The van der Waals surface area contributed by atoms with Gasteiger partial charge in [-0.3, -0.25) is 9.78 Å². The van der Waals surface area contributed by atoms with Crippen molar-refractivity contribution in [3.05, 3.63) is 54.8 Å². The standard InChI is InChI=1S/C17H18N2O2/c20-17(14-4-2-1-3-5-14)19-10-13-8-16(11-18-9-13)15-6-7-21-12-15/h1-2,6-9,11-12,14H,3-5,10H2,(H,19,20)/t14-/m0/s1. The van der Waals surface area contributed by atoms with E-state index in [0.717, 1.165) is 36.0 Å². The van der Waals surface area contributed by atoms with Gasteiger partial charge in [0.05, 0.1) is 12.5 Å². The van der Waals surface area contributed by atoms with Crippen LogP contribution in [0.1, 0.15) is 24.8 Å². The molecule has 1 aliphatic carbocycles. The Morgan fingerprint density at radius 3 is 3.05 bits per heavy atom. The average Bonchev–Trinajstić information content (AvgIpc) is 3.08. The van der Waals surface area contributed by atoms with Gasteiger partial charge < -0.3 is 9.73 Å². The van der Waals surface area contributed by atoms with Crippen molar-refractivity contribution < 1.29 is 9.21 Å². The van der Waals surface area contributed by atoms with Gasteiger partial charge in [-0.2, -0.15) is 0 Å². The van der Waals surface area contributed by atoms with Crippen LogP contribution in [0.5, 0.6) is 0 Å². The zero-order valence-corrected chi connectivity index (χ0v) is 11.8. The summed E-state index contributed by atoms with van der Waals surface area (Å²) in [5.74, 6) is 0.244. The summed E-state index contributed by atoms with van der Waals surface area (Å²) in [6, 6.07) is 3.92. The van der Waals surface area contributed by atoms with Crippen molar-refractivity contribution in [3.8, 4) is 11.1 Å². The molecule has 1 atom stereocenters. The van der Waals surface area contributed by atoms with Gasteiger partial charge in [0.25, 0.3) is 0 Å². The fourth-order valence-corrected chi connectivity index (χ4v) is 2.54. The summed E-state index contributed by atoms with van der Waals surface area (Å²) in [6.07, 6.45) is 13.9. The minimum absolute atomic E-state index is 0.111. The summed E-state index contributed by atoms with van der Waals surface area (Å²) in [7, 11) is 0. The summed E-state index contributed by atoms with van der Waals surface area (Å²) >= 11 is 0. The number of hydrogen-bond acceptors (Lipinski definition) is 3. The third-order valence-electron chi connectivity index (χ3n) is 3.76. The first kappa shape index (κ1) is 13.6. The first-order chi connectivity index (χ1) is 10.3. The maximum Gasteiger partial charge on any atom is 0.223 e. The number of carbonyl (C=O) groups excluding carboxylic acids is 1. The zero-order chi connectivity index (χ0) is 14.5. The van der Waals surface area contributed by atoms with Gasteiger partial charge in [-0.1, -0.05) is 12.2 Å². The fraction of sp³-hybridized carbons (Fsp3) is 0.294. The van der Waals surface area contributed by atoms with Crippen LogP contribution in [0.15, 0.2) is 53.6 Å². The van der Waals surface area contributed by atoms with Gasteiger partial charge in [0.1, 0.15) is 0 Å². The number of aromatic nitrogens is 1. The van der Waals surface area contributed by atoms with Crippen molar-refractivity contribution in [1.29, 1.82) is 0 Å². The number of hydrogen-bond donors (Lipinski definition) is 1. The fourth-order valence-electron chi connectivity index (χ4n) is 2.54. The Morgan fingerprint density at radius 2 is 2.29 bits per heavy atom. The second kappa shape index (κ2) is 6.39. The molecule has 0 bridgehead atoms. The molecule has 0 unspecified atom stereocenters. The molecular weight excluding hydrogens is 264 g/mol. The van der Waals surface area contributed by atoms with E-state index in [1.165, 1.54) is 0 Å². The van der Waals surface area contributed by atoms with Crippen molar-refractivity contribution in [1.82, 2.24) is 10.3 Å². The molecule has 2 heterocycles. The molecule has 2 aromatic rings. The number of nitrogens with one attached hydrogen (secondary N) is 1. The van der Waals surface area contributed by atoms with E-state index >= 15 is 0 Å². The third kappa shape index (κ3) is 3.40. The molecule has 4 nitrogen and oxygen atoms in total. The molecule has 3 rings (SSSR count). The van der Waals surface area contributed by atoms with Crippen molar-refractivity contribution in [2.75, 3.05) is 0 Å². The normalized spacial score (nSPS) is 17.6. The maximum absolute atomic E-state index is 12.1. The molecular formula is C17H18N2O2. The molecule has 0 saturated carbocycles. The summed E-state index contributed by atoms with van der Waals surface area (Å²) in [6.45, 7) is 0.512. The maximum atomic E-state index is 12.1. The second-order valence-corrected chi connectivity index (χ2v) is 5.29. The Bertz CT molecular complexity index is 632. The van der Waals surface area contributed by atoms with Crippen LogP contribution in [0.4, 0.5) is 0 Å². The van der Waals surface area contributed by atoms with Crippen LogP contribution in [-0.4, -0.2) is 10.9 Å². The zero-order valence-electron chi connectivity index (χ0n) is 11.8. The van der Waals surface area contributed by atoms with Crippen LogP contribution in [0.2, 0.25) is 0 Å². The van der Waals surface area contributed by atoms with Gasteiger partial charge in [-0.25, -0.2) is 0 Å². The predicted octanol–water partition coefficient (Wildman–Crippen LogP) is 3.31. The van der Waals surface area contributed by atoms with Gasteiger partial charge in [0.2, 0.25) is 5.91 Å². The van der Waals surface area contributed by atoms with Crippen molar-refractivity contribution in [3.63, 3.8) is 0 Å². The van der Waals surface area contributed by atoms with Crippen molar-refractivity contribution >= 4 is 5.91 Å². The summed E-state index contributed by atoms with van der Waals surface area (Å²) in [5, 5.41) is 3.00. The Labute approximate surface area is 123 Å². The molecule has 0 aliphatic heterocycles. The summed E-state index contributed by atoms with van der Waals surface area (Å²) in [5.41, 5.74) is 2.98. The average molecular weight is 282 g/mol. The van der Waals surface area contributed by atoms with Gasteiger partial charge in [-0.05, 0) is 37.0 Å². The number of pyridine rings is 1. The SMILES string of the molecule is O=C(NCc1cncc(-c2ccoc2)c1)[C@H]1CC=CCC1. The van der Waals surface area contributed by atoms with Crippen LogP contribution in [0.3, 0.4) is 0 Å². The molecule has 1 N–H and O–H groups in total. The third-order valence-corrected chi connectivity index (χ3v) is 3.76. The van der Waals surface area contributed by atoms with Gasteiger partial charge >= 0.3 is 0 Å². The predicted molar refractivity (Wildman–Crippen MR) is 80.3 cm³/mol. The van der Waals surface area contributed by atoms with Crippen LogP contribution >= 0.6 is 0 Å². The molecule has 0 saturated heterocycles. The molecule has 0 fully saturated rings. The minimum Gasteiger partial charge on any atom is -0.472 e. The molecule has 1 aliphatic rings. The van der Waals surface area contributed by atoms with Gasteiger partial charge in [0.15, 0.2) is 0 Å². The quantitative estimate of drug-likeness (QED) is 0.875. The highest BCUT2D eigenvalue weighted by Gasteiger charge is 2.18. The molecule has 2 aromatic heterocycles. The Balaban J connectivity index is 1.61. The number of nitrogens with zero attached hydrogens (tertiary/aromatic N) is 1. The lowest BCUT2D eigenvalue weighted by molar-refractivity contribution is -0.125. The monoisotopic (exact) mass is 282 g/mol. The number of amides is 1. The van der Waals surface area contributed by atoms with Gasteiger partial charge in [-0.15, -0.1) is 0 Å². The number of allylic oxidation sites excluding steroid dienone is 2. The van der Waals surface area contributed by atoms with E-state index in [1.807, 2.05) is 12.1 Å². The first-order valence-corrected chi connectivity index (χ1v) is 7.22. The number of carbonyl (C=O) groups is 1. The van der Waals surface area contributed by atoms with E-state index in [9.17, 15) is 4.79 Å². The number of rotatable bonds is 4. The van der Waals surface area contributed by atoms with E-state index < -0.39 is 0 Å². The van der Waals surface area contributed by atoms with Crippen LogP contribution < -0.4 is 5.32 Å². The highest BCUT2D eigenvalue weighted by Crippen LogP contribution is 2.20. The Hall–Kier alpha value is -2.36. The Morgan fingerprint density at radius 1 is 1.33 bits per heavy atom. The minimum atomic E-state index is 0.111. The summed E-state index contributed by atoms with van der Waals surface area (Å²) < 4.78 is 5.08. The van der Waals surface area contributed by atoms with E-state index in [2.05, 4.69) is 22.5 Å². The first-order valence-electron chi connectivity index (χ1n) is 7.22. The Kier molecular flexibility index (Phi) is 4.15. The molecule has 0 spiro atoms. The highest BCUT2D eigenvalue weighted by atomic mass is 16.3. The van der Waals surface area contributed by atoms with Crippen molar-refractivity contribution in [2.24, 2.45) is 5.92 Å². The van der Waals surface area contributed by atoms with Crippen LogP contribution in [-0.2, 0) is 11.3 Å². The molecule has 0 aromatic carbocycles. The number of furan rings is 1. The lowest BCUT2D eigenvalue weighted by Gasteiger charge is -2.17. The topological polar surface area (TPSA) is 55.1 Å². The highest BCUT2D eigenvalue weighted by molar-refractivity contribution is 5.79. The molecule has 4 heteroatoms. The van der Waals surface area contributed by atoms with E-state index in [-0.39, 0.29) is 11.8 Å². The smallest absolute Gasteiger partial charge is 0.223 e. The van der Waals surface area contributed by atoms with E-state index in [1.54, 1.807) is 24.9 Å². The van der Waals surface area contributed by atoms with Gasteiger partial charge in [0, 0.05) is 36.0 Å². The second-order valence-electron chi connectivity index (χ2n) is 5.29. The van der Waals surface area contributed by atoms with E-state index in [4.69, 9.17) is 4.42 Å². The lowest BCUT2D eigenvalue weighted by Crippen LogP contribution is -2.30. The molecule has 21 heavy (non-hydrogen) atoms. The largest absolute Gasteiger partial charge is 0.472 e. The summed E-state index contributed by atoms with van der Waals surface area (Å²) in [4.78, 5) is 16.3. The lowest BCUT2D eigenvalue weighted by atomic mass is 9.93.